The Morgan fingerprint density at radius 2 is 1.90 bits per heavy atom. The zero-order chi connectivity index (χ0) is 13.8. The van der Waals surface area contributed by atoms with Crippen LogP contribution in [0.15, 0.2) is 42.7 Å². The molecule has 0 saturated heterocycles. The molecule has 0 bridgehead atoms. The molecule has 0 radical (unpaired) electrons. The number of hydrogen-bond donors (Lipinski definition) is 2. The fraction of sp³-hybridized carbons (Fsp3) is 0.438. The number of para-hydroxylation sites is 1. The number of nitrogens with one attached hydrogen (secondary N) is 1. The van der Waals surface area contributed by atoms with E-state index in [4.69, 9.17) is 5.84 Å². The van der Waals surface area contributed by atoms with Gasteiger partial charge in [0.05, 0.1) is 17.9 Å². The Morgan fingerprint density at radius 3 is 2.60 bits per heavy atom. The van der Waals surface area contributed by atoms with Crippen molar-refractivity contribution in [2.24, 2.45) is 11.8 Å². The van der Waals surface area contributed by atoms with Crippen LogP contribution < -0.4 is 11.3 Å². The van der Waals surface area contributed by atoms with Gasteiger partial charge >= 0.3 is 0 Å². The second kappa shape index (κ2) is 6.20. The summed E-state index contributed by atoms with van der Waals surface area (Å²) in [6, 6.07) is 10.4. The molecule has 106 valence electrons. The molecule has 20 heavy (non-hydrogen) atoms. The molecular formula is C16H22N4. The van der Waals surface area contributed by atoms with Gasteiger partial charge in [0, 0.05) is 11.8 Å². The minimum absolute atomic E-state index is 0.216. The van der Waals surface area contributed by atoms with Gasteiger partial charge in [0.1, 0.15) is 0 Å². The van der Waals surface area contributed by atoms with E-state index in [2.05, 4.69) is 28.9 Å². The number of benzene rings is 1. The predicted octanol–water partition coefficient (Wildman–Crippen LogP) is 2.96. The Bertz CT molecular complexity index is 528. The van der Waals surface area contributed by atoms with Crippen LogP contribution in [-0.4, -0.2) is 9.78 Å². The molecule has 3 rings (SSSR count). The maximum Gasteiger partial charge on any atom is 0.0645 e. The monoisotopic (exact) mass is 270 g/mol. The summed E-state index contributed by atoms with van der Waals surface area (Å²) in [5.74, 6) is 6.42. The molecule has 0 amide bonds. The van der Waals surface area contributed by atoms with Crippen molar-refractivity contribution in [3.05, 3.63) is 48.3 Å². The summed E-state index contributed by atoms with van der Waals surface area (Å²) in [6.45, 7) is 0. The first-order chi connectivity index (χ1) is 9.88. The van der Waals surface area contributed by atoms with Gasteiger partial charge < -0.3 is 0 Å². The van der Waals surface area contributed by atoms with Crippen molar-refractivity contribution in [1.82, 2.24) is 15.2 Å². The maximum absolute atomic E-state index is 5.80. The molecule has 1 saturated carbocycles. The van der Waals surface area contributed by atoms with Crippen LogP contribution in [0.2, 0.25) is 0 Å². The highest BCUT2D eigenvalue weighted by atomic mass is 15.3. The summed E-state index contributed by atoms with van der Waals surface area (Å²) in [6.07, 6.45) is 10.5. The lowest BCUT2D eigenvalue weighted by atomic mass is 9.82. The molecule has 1 aromatic carbocycles. The summed E-state index contributed by atoms with van der Waals surface area (Å²) >= 11 is 0. The van der Waals surface area contributed by atoms with Gasteiger partial charge in [-0.25, -0.2) is 4.68 Å². The molecule has 0 aliphatic heterocycles. The third-order valence-electron chi connectivity index (χ3n) is 4.28. The van der Waals surface area contributed by atoms with E-state index in [1.165, 1.54) is 37.7 Å². The first-order valence-corrected chi connectivity index (χ1v) is 7.44. The quantitative estimate of drug-likeness (QED) is 0.663. The number of rotatable bonds is 4. The Balaban J connectivity index is 1.80. The van der Waals surface area contributed by atoms with Gasteiger partial charge in [0.2, 0.25) is 0 Å². The normalized spacial score (nSPS) is 18.1. The molecule has 1 unspecified atom stereocenters. The Morgan fingerprint density at radius 1 is 1.15 bits per heavy atom. The van der Waals surface area contributed by atoms with Crippen LogP contribution in [-0.2, 0) is 0 Å². The molecule has 1 heterocycles. The highest BCUT2D eigenvalue weighted by molar-refractivity contribution is 5.31. The minimum Gasteiger partial charge on any atom is -0.271 e. The number of aromatic nitrogens is 2. The van der Waals surface area contributed by atoms with Crippen LogP contribution in [0, 0.1) is 5.92 Å². The molecule has 0 spiro atoms. The van der Waals surface area contributed by atoms with Gasteiger partial charge in [-0.2, -0.15) is 5.10 Å². The third kappa shape index (κ3) is 2.76. The molecule has 4 heteroatoms. The number of nitrogens with two attached hydrogens (primary N) is 1. The number of hydrogen-bond acceptors (Lipinski definition) is 3. The second-order valence-corrected chi connectivity index (χ2v) is 5.60. The van der Waals surface area contributed by atoms with Crippen LogP contribution >= 0.6 is 0 Å². The van der Waals surface area contributed by atoms with E-state index in [1.54, 1.807) is 0 Å². The Labute approximate surface area is 120 Å². The number of nitrogens with zero attached hydrogens (tertiary/aromatic N) is 2. The summed E-state index contributed by atoms with van der Waals surface area (Å²) in [5.41, 5.74) is 5.26. The van der Waals surface area contributed by atoms with Gasteiger partial charge in [-0.15, -0.1) is 0 Å². The van der Waals surface area contributed by atoms with Crippen molar-refractivity contribution in [3.8, 4) is 5.69 Å². The van der Waals surface area contributed by atoms with Crippen molar-refractivity contribution in [2.75, 3.05) is 0 Å². The predicted molar refractivity (Wildman–Crippen MR) is 80.2 cm³/mol. The zero-order valence-corrected chi connectivity index (χ0v) is 11.7. The van der Waals surface area contributed by atoms with Crippen LogP contribution in [0.5, 0.6) is 0 Å². The van der Waals surface area contributed by atoms with Crippen molar-refractivity contribution in [1.29, 1.82) is 0 Å². The second-order valence-electron chi connectivity index (χ2n) is 5.60. The molecule has 1 atom stereocenters. The molecule has 1 aliphatic rings. The third-order valence-corrected chi connectivity index (χ3v) is 4.28. The van der Waals surface area contributed by atoms with Crippen LogP contribution in [0.25, 0.3) is 5.69 Å². The summed E-state index contributed by atoms with van der Waals surface area (Å²) in [4.78, 5) is 0. The summed E-state index contributed by atoms with van der Waals surface area (Å²) in [5, 5.41) is 4.47. The topological polar surface area (TPSA) is 55.9 Å². The highest BCUT2D eigenvalue weighted by Gasteiger charge is 2.25. The smallest absolute Gasteiger partial charge is 0.0645 e. The lowest BCUT2D eigenvalue weighted by Crippen LogP contribution is -2.34. The maximum atomic E-state index is 5.80. The fourth-order valence-electron chi connectivity index (χ4n) is 3.19. The van der Waals surface area contributed by atoms with E-state index in [9.17, 15) is 0 Å². The average molecular weight is 270 g/mol. The molecule has 2 aromatic rings. The SMILES string of the molecule is NNC(c1cnn(-c2ccccc2)c1)C1CCCCC1. The molecule has 1 aliphatic carbocycles. The molecule has 3 N–H and O–H groups in total. The van der Waals surface area contributed by atoms with Gasteiger partial charge in [0.15, 0.2) is 0 Å². The van der Waals surface area contributed by atoms with Crippen molar-refractivity contribution < 1.29 is 0 Å². The van der Waals surface area contributed by atoms with E-state index < -0.39 is 0 Å². The van der Waals surface area contributed by atoms with Crippen molar-refractivity contribution >= 4 is 0 Å². The van der Waals surface area contributed by atoms with E-state index in [0.717, 1.165) is 5.69 Å². The van der Waals surface area contributed by atoms with Gasteiger partial charge in [-0.3, -0.25) is 11.3 Å². The fourth-order valence-corrected chi connectivity index (χ4v) is 3.19. The lowest BCUT2D eigenvalue weighted by molar-refractivity contribution is 0.273. The average Bonchev–Trinajstić information content (AvgIpc) is 3.00. The minimum atomic E-state index is 0.216. The van der Waals surface area contributed by atoms with Gasteiger partial charge in [-0.05, 0) is 30.9 Å². The first kappa shape index (κ1) is 13.3. The summed E-state index contributed by atoms with van der Waals surface area (Å²) < 4.78 is 1.92. The molecule has 1 aromatic heterocycles. The zero-order valence-electron chi connectivity index (χ0n) is 11.7. The van der Waals surface area contributed by atoms with Crippen molar-refractivity contribution in [2.45, 2.75) is 38.1 Å². The number of hydrazine groups is 1. The highest BCUT2D eigenvalue weighted by Crippen LogP contribution is 2.33. The van der Waals surface area contributed by atoms with Crippen LogP contribution in [0.1, 0.15) is 43.7 Å². The van der Waals surface area contributed by atoms with Crippen LogP contribution in [0.3, 0.4) is 0 Å². The van der Waals surface area contributed by atoms with Crippen molar-refractivity contribution in [3.63, 3.8) is 0 Å². The van der Waals surface area contributed by atoms with E-state index >= 15 is 0 Å². The Hall–Kier alpha value is -1.65. The first-order valence-electron chi connectivity index (χ1n) is 7.44. The van der Waals surface area contributed by atoms with Crippen LogP contribution in [0.4, 0.5) is 0 Å². The molecular weight excluding hydrogens is 248 g/mol. The molecule has 1 fully saturated rings. The van der Waals surface area contributed by atoms with E-state index in [-0.39, 0.29) is 6.04 Å². The molecule has 4 nitrogen and oxygen atoms in total. The Kier molecular flexibility index (Phi) is 4.14. The van der Waals surface area contributed by atoms with E-state index in [0.29, 0.717) is 5.92 Å². The van der Waals surface area contributed by atoms with E-state index in [1.807, 2.05) is 29.1 Å². The standard InChI is InChI=1S/C16H22N4/c17-19-16(13-7-3-1-4-8-13)14-11-18-20(12-14)15-9-5-2-6-10-15/h2,5-6,9-13,16,19H,1,3-4,7-8,17H2. The van der Waals surface area contributed by atoms with Gasteiger partial charge in [-0.1, -0.05) is 37.5 Å². The largest absolute Gasteiger partial charge is 0.271 e. The van der Waals surface area contributed by atoms with Gasteiger partial charge in [0.25, 0.3) is 0 Å². The summed E-state index contributed by atoms with van der Waals surface area (Å²) in [7, 11) is 0. The lowest BCUT2D eigenvalue weighted by Gasteiger charge is -2.29.